The van der Waals surface area contributed by atoms with E-state index in [1.165, 1.54) is 12.3 Å². The van der Waals surface area contributed by atoms with E-state index < -0.39 is 0 Å². The standard InChI is InChI=1S/C12H15FN4/c1-14-12(7-10-5-6-17(2)16-10)11-4-3-9(13)8-15-11/h3-6,8,12,14H,7H2,1-2H3. The smallest absolute Gasteiger partial charge is 0.141 e. The third kappa shape index (κ3) is 2.88. The molecule has 0 aliphatic rings. The molecule has 90 valence electrons. The SMILES string of the molecule is CNC(Cc1ccn(C)n1)c1ccc(F)cn1. The number of rotatable bonds is 4. The average Bonchev–Trinajstić information content (AvgIpc) is 2.73. The molecular formula is C12H15FN4. The molecular weight excluding hydrogens is 219 g/mol. The Labute approximate surface area is 99.5 Å². The summed E-state index contributed by atoms with van der Waals surface area (Å²) >= 11 is 0. The van der Waals surface area contributed by atoms with Crippen molar-refractivity contribution >= 4 is 0 Å². The van der Waals surface area contributed by atoms with Crippen LogP contribution in [0.5, 0.6) is 0 Å². The molecule has 0 aliphatic heterocycles. The zero-order valence-electron chi connectivity index (χ0n) is 9.89. The molecule has 1 atom stereocenters. The van der Waals surface area contributed by atoms with Crippen LogP contribution in [-0.4, -0.2) is 21.8 Å². The molecule has 0 aliphatic carbocycles. The van der Waals surface area contributed by atoms with Gasteiger partial charge in [-0.3, -0.25) is 9.67 Å². The molecule has 4 nitrogen and oxygen atoms in total. The van der Waals surface area contributed by atoms with Gasteiger partial charge in [-0.25, -0.2) is 4.39 Å². The van der Waals surface area contributed by atoms with Crippen molar-refractivity contribution in [2.24, 2.45) is 7.05 Å². The Morgan fingerprint density at radius 2 is 2.24 bits per heavy atom. The van der Waals surface area contributed by atoms with Gasteiger partial charge < -0.3 is 5.32 Å². The number of nitrogens with zero attached hydrogens (tertiary/aromatic N) is 3. The van der Waals surface area contributed by atoms with Gasteiger partial charge in [-0.1, -0.05) is 0 Å². The lowest BCUT2D eigenvalue weighted by Gasteiger charge is -2.14. The minimum absolute atomic E-state index is 0.0468. The van der Waals surface area contributed by atoms with Crippen LogP contribution in [0.2, 0.25) is 0 Å². The number of pyridine rings is 1. The molecule has 0 saturated heterocycles. The molecule has 0 spiro atoms. The van der Waals surface area contributed by atoms with Gasteiger partial charge in [0.15, 0.2) is 0 Å². The van der Waals surface area contributed by atoms with E-state index in [0.717, 1.165) is 17.8 Å². The van der Waals surface area contributed by atoms with E-state index in [1.54, 1.807) is 10.7 Å². The van der Waals surface area contributed by atoms with Crippen molar-refractivity contribution in [2.75, 3.05) is 7.05 Å². The van der Waals surface area contributed by atoms with Gasteiger partial charge in [0.05, 0.1) is 23.6 Å². The maximum atomic E-state index is 12.8. The van der Waals surface area contributed by atoms with Crippen molar-refractivity contribution in [3.8, 4) is 0 Å². The quantitative estimate of drug-likeness (QED) is 0.870. The van der Waals surface area contributed by atoms with Gasteiger partial charge in [0, 0.05) is 19.7 Å². The van der Waals surface area contributed by atoms with Crippen LogP contribution < -0.4 is 5.32 Å². The normalized spacial score (nSPS) is 12.6. The highest BCUT2D eigenvalue weighted by molar-refractivity contribution is 5.13. The van der Waals surface area contributed by atoms with Crippen LogP contribution in [0.3, 0.4) is 0 Å². The number of hydrogen-bond acceptors (Lipinski definition) is 3. The summed E-state index contributed by atoms with van der Waals surface area (Å²) in [6.07, 6.45) is 3.87. The summed E-state index contributed by atoms with van der Waals surface area (Å²) in [6, 6.07) is 5.13. The summed E-state index contributed by atoms with van der Waals surface area (Å²) in [7, 11) is 3.74. The van der Waals surface area contributed by atoms with E-state index in [0.29, 0.717) is 0 Å². The largest absolute Gasteiger partial charge is 0.311 e. The zero-order chi connectivity index (χ0) is 12.3. The molecule has 1 unspecified atom stereocenters. The van der Waals surface area contributed by atoms with Crippen LogP contribution >= 0.6 is 0 Å². The Morgan fingerprint density at radius 1 is 1.41 bits per heavy atom. The van der Waals surface area contributed by atoms with Crippen molar-refractivity contribution in [1.82, 2.24) is 20.1 Å². The molecule has 1 N–H and O–H groups in total. The predicted molar refractivity (Wildman–Crippen MR) is 62.9 cm³/mol. The molecule has 2 aromatic heterocycles. The highest BCUT2D eigenvalue weighted by Crippen LogP contribution is 2.15. The molecule has 0 aromatic carbocycles. The van der Waals surface area contributed by atoms with Crippen molar-refractivity contribution < 1.29 is 4.39 Å². The van der Waals surface area contributed by atoms with Gasteiger partial charge in [0.1, 0.15) is 5.82 Å². The summed E-state index contributed by atoms with van der Waals surface area (Å²) in [5.74, 6) is -0.318. The van der Waals surface area contributed by atoms with Crippen LogP contribution in [0.15, 0.2) is 30.6 Å². The van der Waals surface area contributed by atoms with E-state index in [9.17, 15) is 4.39 Å². The lowest BCUT2D eigenvalue weighted by atomic mass is 10.1. The molecule has 2 heterocycles. The molecule has 2 rings (SSSR count). The Bertz CT molecular complexity index is 478. The fourth-order valence-electron chi connectivity index (χ4n) is 1.73. The molecule has 0 saturated carbocycles. The van der Waals surface area contributed by atoms with E-state index in [4.69, 9.17) is 0 Å². The van der Waals surface area contributed by atoms with Crippen molar-refractivity contribution in [1.29, 1.82) is 0 Å². The van der Waals surface area contributed by atoms with Gasteiger partial charge >= 0.3 is 0 Å². The number of likely N-dealkylation sites (N-methyl/N-ethyl adjacent to an activating group) is 1. The molecule has 0 fully saturated rings. The van der Waals surface area contributed by atoms with Gasteiger partial charge in [-0.15, -0.1) is 0 Å². The summed E-state index contributed by atoms with van der Waals surface area (Å²) < 4.78 is 14.5. The fraction of sp³-hybridized carbons (Fsp3) is 0.333. The third-order valence-electron chi connectivity index (χ3n) is 2.64. The van der Waals surface area contributed by atoms with Gasteiger partial charge in [-0.05, 0) is 25.2 Å². The van der Waals surface area contributed by atoms with E-state index >= 15 is 0 Å². The topological polar surface area (TPSA) is 42.7 Å². The Balaban J connectivity index is 2.13. The highest BCUT2D eigenvalue weighted by atomic mass is 19.1. The van der Waals surface area contributed by atoms with E-state index in [2.05, 4.69) is 15.4 Å². The second-order valence-corrected chi connectivity index (χ2v) is 3.93. The number of aromatic nitrogens is 3. The maximum Gasteiger partial charge on any atom is 0.141 e. The highest BCUT2D eigenvalue weighted by Gasteiger charge is 2.12. The van der Waals surface area contributed by atoms with Crippen molar-refractivity contribution in [3.63, 3.8) is 0 Å². The molecule has 0 bridgehead atoms. The van der Waals surface area contributed by atoms with Crippen molar-refractivity contribution in [3.05, 3.63) is 47.8 Å². The van der Waals surface area contributed by atoms with Crippen LogP contribution in [0.4, 0.5) is 4.39 Å². The average molecular weight is 234 g/mol. The van der Waals surface area contributed by atoms with Crippen LogP contribution in [-0.2, 0) is 13.5 Å². The summed E-state index contributed by atoms with van der Waals surface area (Å²) in [6.45, 7) is 0. The summed E-state index contributed by atoms with van der Waals surface area (Å²) in [4.78, 5) is 4.08. The number of nitrogens with one attached hydrogen (secondary N) is 1. The van der Waals surface area contributed by atoms with Crippen LogP contribution in [0, 0.1) is 5.82 Å². The van der Waals surface area contributed by atoms with Crippen molar-refractivity contribution in [2.45, 2.75) is 12.5 Å². The molecule has 0 radical (unpaired) electrons. The van der Waals surface area contributed by atoms with Gasteiger partial charge in [0.25, 0.3) is 0 Å². The second-order valence-electron chi connectivity index (χ2n) is 3.93. The third-order valence-corrected chi connectivity index (χ3v) is 2.64. The first-order chi connectivity index (χ1) is 8.19. The minimum Gasteiger partial charge on any atom is -0.311 e. The lowest BCUT2D eigenvalue weighted by molar-refractivity contribution is 0.555. The Kier molecular flexibility index (Phi) is 3.49. The molecule has 17 heavy (non-hydrogen) atoms. The summed E-state index contributed by atoms with van der Waals surface area (Å²) in [5.41, 5.74) is 1.80. The second kappa shape index (κ2) is 5.05. The molecule has 5 heteroatoms. The maximum absolute atomic E-state index is 12.8. The van der Waals surface area contributed by atoms with E-state index in [-0.39, 0.29) is 11.9 Å². The first-order valence-electron chi connectivity index (χ1n) is 5.46. The number of hydrogen-bond donors (Lipinski definition) is 1. The Hall–Kier alpha value is -1.75. The van der Waals surface area contributed by atoms with Crippen LogP contribution in [0.1, 0.15) is 17.4 Å². The number of halogens is 1. The van der Waals surface area contributed by atoms with E-state index in [1.807, 2.05) is 26.4 Å². The van der Waals surface area contributed by atoms with Gasteiger partial charge in [-0.2, -0.15) is 5.10 Å². The molecule has 2 aromatic rings. The predicted octanol–water partition coefficient (Wildman–Crippen LogP) is 1.46. The first kappa shape index (κ1) is 11.7. The fourth-order valence-corrected chi connectivity index (χ4v) is 1.73. The lowest BCUT2D eigenvalue weighted by Crippen LogP contribution is -2.20. The Morgan fingerprint density at radius 3 is 2.76 bits per heavy atom. The zero-order valence-corrected chi connectivity index (χ0v) is 9.89. The van der Waals surface area contributed by atoms with Gasteiger partial charge in [0.2, 0.25) is 0 Å². The number of aryl methyl sites for hydroxylation is 1. The summed E-state index contributed by atoms with van der Waals surface area (Å²) in [5, 5.41) is 7.48. The first-order valence-corrected chi connectivity index (χ1v) is 5.46. The minimum atomic E-state index is -0.318. The monoisotopic (exact) mass is 234 g/mol. The molecule has 0 amide bonds. The van der Waals surface area contributed by atoms with Crippen LogP contribution in [0.25, 0.3) is 0 Å².